The molecule has 0 spiro atoms. The first-order valence-corrected chi connectivity index (χ1v) is 10.1. The van der Waals surface area contributed by atoms with Crippen LogP contribution in [0.25, 0.3) is 0 Å². The molecule has 0 rings (SSSR count). The molecule has 0 fully saturated rings. The molecular weight excluding hydrogens is 336 g/mol. The maximum absolute atomic E-state index is 12.8. The number of aliphatic hydroxyl groups is 1. The Bertz CT molecular complexity index is 397. The Kier molecular flexibility index (Phi) is 12.2. The van der Waals surface area contributed by atoms with E-state index in [1.54, 1.807) is 7.05 Å². The predicted molar refractivity (Wildman–Crippen MR) is 107 cm³/mol. The Morgan fingerprint density at radius 3 is 2.16 bits per heavy atom. The molecule has 0 aromatic heterocycles. The lowest BCUT2D eigenvalue weighted by molar-refractivity contribution is -0.134. The molecule has 0 saturated heterocycles. The van der Waals surface area contributed by atoms with E-state index in [1.165, 1.54) is 19.3 Å². The number of carbonyl (C=O) groups excluding carboxylic acids is 2. The number of carbonyl (C=O) groups is 2. The monoisotopic (exact) mass is 374 g/mol. The third kappa shape index (κ3) is 10.1. The third-order valence-electron chi connectivity index (χ3n) is 4.46. The van der Waals surface area contributed by atoms with Crippen molar-refractivity contribution in [2.24, 2.45) is 11.3 Å². The number of nitrogens with one attached hydrogen (secondary N) is 2. The highest BCUT2D eigenvalue weighted by Crippen LogP contribution is 2.22. The number of likely N-dealkylation sites (N-methyl/N-ethyl adjacent to an activating group) is 1. The highest BCUT2D eigenvalue weighted by atomic mass is 32.1. The number of amides is 2. The van der Waals surface area contributed by atoms with Crippen LogP contribution in [0.5, 0.6) is 0 Å². The zero-order valence-corrected chi connectivity index (χ0v) is 17.5. The first-order valence-electron chi connectivity index (χ1n) is 9.48. The lowest BCUT2D eigenvalue weighted by Crippen LogP contribution is -2.54. The molecule has 148 valence electrons. The zero-order valence-electron chi connectivity index (χ0n) is 16.6. The van der Waals surface area contributed by atoms with Crippen molar-refractivity contribution in [3.63, 3.8) is 0 Å². The highest BCUT2D eigenvalue weighted by molar-refractivity contribution is 7.80. The molecule has 0 aliphatic heterocycles. The minimum absolute atomic E-state index is 0.153. The minimum Gasteiger partial charge on any atom is -0.392 e. The van der Waals surface area contributed by atoms with E-state index in [9.17, 15) is 14.7 Å². The quantitative estimate of drug-likeness (QED) is 0.313. The Morgan fingerprint density at radius 1 is 1.08 bits per heavy atom. The van der Waals surface area contributed by atoms with Gasteiger partial charge in [-0.15, -0.1) is 0 Å². The standard InChI is InChI=1S/C19H38N2O3S/c1-6-7-8-9-10-11-14(12-15(22)13-25)17(23)21-16(18(24)20-5)19(2,3)4/h14-16,22,25H,6-13H2,1-5H3,(H,20,24)(H,21,23)/t14-,15-,16+/m0/s1. The van der Waals surface area contributed by atoms with Gasteiger partial charge in [-0.2, -0.15) is 12.6 Å². The fourth-order valence-electron chi connectivity index (χ4n) is 2.83. The summed E-state index contributed by atoms with van der Waals surface area (Å²) in [6.45, 7) is 7.95. The molecule has 6 heteroatoms. The molecule has 2 amide bonds. The van der Waals surface area contributed by atoms with E-state index in [0.717, 1.165) is 19.3 Å². The van der Waals surface area contributed by atoms with E-state index in [4.69, 9.17) is 0 Å². The Balaban J connectivity index is 4.89. The summed E-state index contributed by atoms with van der Waals surface area (Å²) in [6.07, 6.45) is 6.11. The number of thiol groups is 1. The number of hydrogen-bond acceptors (Lipinski definition) is 4. The van der Waals surface area contributed by atoms with Crippen molar-refractivity contribution in [3.05, 3.63) is 0 Å². The normalized spacial score (nSPS) is 15.3. The summed E-state index contributed by atoms with van der Waals surface area (Å²) in [7, 11) is 1.57. The Morgan fingerprint density at radius 2 is 1.68 bits per heavy atom. The van der Waals surface area contributed by atoms with Gasteiger partial charge in [0.05, 0.1) is 6.10 Å². The second kappa shape index (κ2) is 12.6. The molecule has 0 bridgehead atoms. The van der Waals surface area contributed by atoms with Gasteiger partial charge in [-0.1, -0.05) is 59.8 Å². The van der Waals surface area contributed by atoms with Gasteiger partial charge in [0.2, 0.25) is 11.8 Å². The van der Waals surface area contributed by atoms with Crippen LogP contribution in [0.3, 0.4) is 0 Å². The van der Waals surface area contributed by atoms with E-state index >= 15 is 0 Å². The van der Waals surface area contributed by atoms with Gasteiger partial charge in [0, 0.05) is 18.7 Å². The average molecular weight is 375 g/mol. The molecule has 5 nitrogen and oxygen atoms in total. The van der Waals surface area contributed by atoms with Crippen LogP contribution in [0.4, 0.5) is 0 Å². The van der Waals surface area contributed by atoms with Gasteiger partial charge in [-0.3, -0.25) is 9.59 Å². The lowest BCUT2D eigenvalue weighted by atomic mass is 9.85. The van der Waals surface area contributed by atoms with Crippen molar-refractivity contribution in [2.75, 3.05) is 12.8 Å². The molecule has 3 N–H and O–H groups in total. The fourth-order valence-corrected chi connectivity index (χ4v) is 2.98. The van der Waals surface area contributed by atoms with E-state index in [0.29, 0.717) is 12.2 Å². The summed E-state index contributed by atoms with van der Waals surface area (Å²) in [5.41, 5.74) is -0.385. The van der Waals surface area contributed by atoms with Crippen LogP contribution < -0.4 is 10.6 Å². The summed E-state index contributed by atoms with van der Waals surface area (Å²) >= 11 is 4.11. The molecule has 3 atom stereocenters. The van der Waals surface area contributed by atoms with Gasteiger partial charge in [0.15, 0.2) is 0 Å². The molecular formula is C19H38N2O3S. The summed E-state index contributed by atoms with van der Waals surface area (Å²) in [5, 5.41) is 15.5. The van der Waals surface area contributed by atoms with Gasteiger partial charge in [0.1, 0.15) is 6.04 Å². The van der Waals surface area contributed by atoms with Crippen LogP contribution in [0, 0.1) is 11.3 Å². The maximum Gasteiger partial charge on any atom is 0.242 e. The van der Waals surface area contributed by atoms with Crippen molar-refractivity contribution >= 4 is 24.4 Å². The molecule has 0 radical (unpaired) electrons. The maximum atomic E-state index is 12.8. The van der Waals surface area contributed by atoms with Crippen LogP contribution in [-0.2, 0) is 9.59 Å². The van der Waals surface area contributed by atoms with Crippen molar-refractivity contribution in [1.29, 1.82) is 0 Å². The molecule has 0 heterocycles. The topological polar surface area (TPSA) is 78.4 Å². The van der Waals surface area contributed by atoms with Gasteiger partial charge >= 0.3 is 0 Å². The van der Waals surface area contributed by atoms with Crippen LogP contribution in [0.1, 0.15) is 72.6 Å². The second-order valence-corrected chi connectivity index (χ2v) is 8.26. The van der Waals surface area contributed by atoms with Crippen molar-refractivity contribution < 1.29 is 14.7 Å². The van der Waals surface area contributed by atoms with Crippen LogP contribution in [0.2, 0.25) is 0 Å². The van der Waals surface area contributed by atoms with E-state index in [-0.39, 0.29) is 23.1 Å². The van der Waals surface area contributed by atoms with Gasteiger partial charge in [-0.25, -0.2) is 0 Å². The molecule has 0 aliphatic carbocycles. The smallest absolute Gasteiger partial charge is 0.242 e. The van der Waals surface area contributed by atoms with Gasteiger partial charge in [-0.05, 0) is 18.3 Å². The van der Waals surface area contributed by atoms with E-state index in [1.807, 2.05) is 20.8 Å². The average Bonchev–Trinajstić information content (AvgIpc) is 2.56. The first-order chi connectivity index (χ1) is 11.7. The number of rotatable bonds is 12. The zero-order chi connectivity index (χ0) is 19.5. The second-order valence-electron chi connectivity index (χ2n) is 7.89. The van der Waals surface area contributed by atoms with E-state index < -0.39 is 12.1 Å². The number of unbranched alkanes of at least 4 members (excludes halogenated alkanes) is 4. The highest BCUT2D eigenvalue weighted by Gasteiger charge is 2.34. The largest absolute Gasteiger partial charge is 0.392 e. The summed E-state index contributed by atoms with van der Waals surface area (Å²) < 4.78 is 0. The summed E-state index contributed by atoms with van der Waals surface area (Å²) in [6, 6.07) is -0.597. The van der Waals surface area contributed by atoms with Crippen LogP contribution in [0.15, 0.2) is 0 Å². The predicted octanol–water partition coefficient (Wildman–Crippen LogP) is 2.92. The lowest BCUT2D eigenvalue weighted by Gasteiger charge is -2.31. The van der Waals surface area contributed by atoms with Crippen molar-refractivity contribution in [1.82, 2.24) is 10.6 Å². The molecule has 0 saturated carbocycles. The Labute approximate surface area is 159 Å². The molecule has 0 unspecified atom stereocenters. The van der Waals surface area contributed by atoms with Crippen molar-refractivity contribution in [2.45, 2.75) is 84.8 Å². The van der Waals surface area contributed by atoms with Gasteiger partial charge < -0.3 is 15.7 Å². The molecule has 25 heavy (non-hydrogen) atoms. The van der Waals surface area contributed by atoms with Crippen LogP contribution in [-0.4, -0.2) is 41.9 Å². The fraction of sp³-hybridized carbons (Fsp3) is 0.895. The summed E-state index contributed by atoms with van der Waals surface area (Å²) in [5.74, 6) is -0.312. The minimum atomic E-state index is -0.609. The van der Waals surface area contributed by atoms with Crippen molar-refractivity contribution in [3.8, 4) is 0 Å². The molecule has 0 aromatic carbocycles. The SMILES string of the molecule is CCCCCCC[C@@H](C[C@H](O)CS)C(=O)N[C@H](C(=O)NC)C(C)(C)C. The number of hydrogen-bond donors (Lipinski definition) is 4. The van der Waals surface area contributed by atoms with E-state index in [2.05, 4.69) is 30.2 Å². The summed E-state index contributed by atoms with van der Waals surface area (Å²) in [4.78, 5) is 24.9. The molecule has 0 aromatic rings. The third-order valence-corrected chi connectivity index (χ3v) is 4.88. The Hall–Kier alpha value is -0.750. The first kappa shape index (κ1) is 24.2. The van der Waals surface area contributed by atoms with Crippen LogP contribution >= 0.6 is 12.6 Å². The molecule has 0 aliphatic rings. The number of aliphatic hydroxyl groups excluding tert-OH is 1. The van der Waals surface area contributed by atoms with Gasteiger partial charge in [0.25, 0.3) is 0 Å².